The summed E-state index contributed by atoms with van der Waals surface area (Å²) in [6.45, 7) is 2.52. The Kier molecular flexibility index (Phi) is 5.01. The van der Waals surface area contributed by atoms with Gasteiger partial charge in [-0.3, -0.25) is 4.79 Å². The number of ether oxygens (including phenoxy) is 2. The lowest BCUT2D eigenvalue weighted by Crippen LogP contribution is -2.35. The number of halogens is 3. The molecule has 1 aromatic heterocycles. The number of aromatic nitrogens is 2. The third-order valence-electron chi connectivity index (χ3n) is 5.04. The Morgan fingerprint density at radius 3 is 2.86 bits per heavy atom. The minimum absolute atomic E-state index is 0.0378. The van der Waals surface area contributed by atoms with Crippen molar-refractivity contribution in [3.63, 3.8) is 0 Å². The summed E-state index contributed by atoms with van der Waals surface area (Å²) < 4.78 is 52.7. The number of carbonyl (C=O) groups is 1. The molecule has 2 aliphatic rings. The maximum absolute atomic E-state index is 13.8. The summed E-state index contributed by atoms with van der Waals surface area (Å²) in [4.78, 5) is 12.2. The highest BCUT2D eigenvalue weighted by Gasteiger charge is 2.47. The Morgan fingerprint density at radius 1 is 1.31 bits per heavy atom. The van der Waals surface area contributed by atoms with Crippen LogP contribution in [0.1, 0.15) is 54.3 Å². The van der Waals surface area contributed by atoms with Gasteiger partial charge in [0.15, 0.2) is 23.2 Å². The maximum atomic E-state index is 13.8. The highest BCUT2D eigenvalue weighted by Crippen LogP contribution is 2.45. The van der Waals surface area contributed by atoms with Crippen molar-refractivity contribution in [3.05, 3.63) is 35.5 Å². The first-order chi connectivity index (χ1) is 13.9. The summed E-state index contributed by atoms with van der Waals surface area (Å²) in [5.74, 6) is 0.737. The van der Waals surface area contributed by atoms with Gasteiger partial charge in [-0.05, 0) is 24.1 Å². The Bertz CT molecular complexity index is 913. The van der Waals surface area contributed by atoms with E-state index in [0.29, 0.717) is 23.6 Å². The molecule has 4 rings (SSSR count). The summed E-state index contributed by atoms with van der Waals surface area (Å²) in [6.07, 6.45) is -3.08. The van der Waals surface area contributed by atoms with Gasteiger partial charge in [-0.2, -0.15) is 18.3 Å². The maximum Gasteiger partial charge on any atom is 0.410 e. The predicted molar refractivity (Wildman–Crippen MR) is 98.1 cm³/mol. The van der Waals surface area contributed by atoms with Crippen molar-refractivity contribution >= 4 is 11.7 Å². The van der Waals surface area contributed by atoms with E-state index < -0.39 is 24.2 Å². The van der Waals surface area contributed by atoms with Crippen molar-refractivity contribution in [1.29, 1.82) is 0 Å². The zero-order valence-corrected chi connectivity index (χ0v) is 15.8. The monoisotopic (exact) mass is 410 g/mol. The van der Waals surface area contributed by atoms with Crippen LogP contribution in [0.3, 0.4) is 0 Å². The molecule has 0 radical (unpaired) electrons. The number of alkyl halides is 3. The molecule has 1 amide bonds. The first-order valence-corrected chi connectivity index (χ1v) is 9.47. The molecule has 0 saturated carbocycles. The van der Waals surface area contributed by atoms with Crippen molar-refractivity contribution in [2.24, 2.45) is 0 Å². The smallest absolute Gasteiger partial charge is 0.410 e. The molecule has 0 saturated heterocycles. The van der Waals surface area contributed by atoms with Crippen LogP contribution in [0.4, 0.5) is 19.0 Å². The Balaban J connectivity index is 1.62. The highest BCUT2D eigenvalue weighted by molar-refractivity contribution is 5.93. The molecular weight excluding hydrogens is 389 g/mol. The number of hydrogen-bond acceptors (Lipinski definition) is 5. The molecule has 1 aromatic carbocycles. The molecule has 2 N–H and O–H groups in total. The van der Waals surface area contributed by atoms with E-state index >= 15 is 0 Å². The van der Waals surface area contributed by atoms with Gasteiger partial charge in [-0.1, -0.05) is 19.4 Å². The van der Waals surface area contributed by atoms with Crippen LogP contribution < -0.4 is 20.1 Å². The quantitative estimate of drug-likeness (QED) is 0.734. The lowest BCUT2D eigenvalue weighted by Gasteiger charge is -2.33. The topological polar surface area (TPSA) is 77.4 Å². The van der Waals surface area contributed by atoms with Crippen molar-refractivity contribution in [2.75, 3.05) is 18.7 Å². The minimum atomic E-state index is -4.51. The third-order valence-corrected chi connectivity index (χ3v) is 5.04. The Morgan fingerprint density at radius 2 is 2.10 bits per heavy atom. The number of amides is 1. The third kappa shape index (κ3) is 3.83. The lowest BCUT2D eigenvalue weighted by molar-refractivity contribution is -0.173. The Hall–Kier alpha value is -2.91. The average Bonchev–Trinajstić information content (AvgIpc) is 3.32. The molecule has 29 heavy (non-hydrogen) atoms. The van der Waals surface area contributed by atoms with E-state index in [1.165, 1.54) is 6.07 Å². The number of rotatable bonds is 5. The molecule has 10 heteroatoms. The van der Waals surface area contributed by atoms with Gasteiger partial charge in [0.1, 0.15) is 5.82 Å². The summed E-state index contributed by atoms with van der Waals surface area (Å²) in [5.41, 5.74) is 0.606. The van der Waals surface area contributed by atoms with E-state index in [0.717, 1.165) is 17.5 Å². The van der Waals surface area contributed by atoms with Crippen LogP contribution in [0.2, 0.25) is 0 Å². The summed E-state index contributed by atoms with van der Waals surface area (Å²) >= 11 is 0. The van der Waals surface area contributed by atoms with E-state index in [9.17, 15) is 18.0 Å². The van der Waals surface area contributed by atoms with Crippen LogP contribution in [-0.2, 0) is 0 Å². The van der Waals surface area contributed by atoms with Gasteiger partial charge in [0.05, 0.1) is 6.04 Å². The van der Waals surface area contributed by atoms with Crippen molar-refractivity contribution < 1.29 is 27.4 Å². The largest absolute Gasteiger partial charge is 0.454 e. The molecule has 2 aliphatic heterocycles. The van der Waals surface area contributed by atoms with Gasteiger partial charge < -0.3 is 20.1 Å². The first kappa shape index (κ1) is 19.4. The highest BCUT2D eigenvalue weighted by atomic mass is 19.4. The van der Waals surface area contributed by atoms with Crippen LogP contribution in [-0.4, -0.2) is 35.2 Å². The summed E-state index contributed by atoms with van der Waals surface area (Å²) in [6, 6.07) is 3.98. The number of unbranched alkanes of at least 4 members (excludes halogenated alkanes) is 1. The van der Waals surface area contributed by atoms with Gasteiger partial charge >= 0.3 is 6.18 Å². The molecule has 2 aromatic rings. The zero-order chi connectivity index (χ0) is 20.6. The second-order valence-electron chi connectivity index (χ2n) is 7.07. The molecule has 0 aliphatic carbocycles. The number of fused-ring (bicyclic) bond motifs is 2. The number of anilines is 1. The predicted octanol–water partition coefficient (Wildman–Crippen LogP) is 3.80. The average molecular weight is 410 g/mol. The second kappa shape index (κ2) is 7.49. The number of nitrogens with one attached hydrogen (secondary N) is 2. The number of benzene rings is 1. The van der Waals surface area contributed by atoms with E-state index in [-0.39, 0.29) is 24.7 Å². The molecule has 3 heterocycles. The van der Waals surface area contributed by atoms with Gasteiger partial charge in [0.2, 0.25) is 6.79 Å². The van der Waals surface area contributed by atoms with Crippen LogP contribution in [0.15, 0.2) is 24.3 Å². The molecule has 2 atom stereocenters. The lowest BCUT2D eigenvalue weighted by atomic mass is 9.96. The SMILES string of the molecule is CCCCNC(=O)c1cc2n(n1)[C@@H](C(F)(F)F)C[C@H](c1ccc3c(c1)OCO3)N2. The normalized spacial score (nSPS) is 20.1. The van der Waals surface area contributed by atoms with Gasteiger partial charge in [-0.15, -0.1) is 0 Å². The fraction of sp³-hybridized carbons (Fsp3) is 0.474. The van der Waals surface area contributed by atoms with E-state index in [1.54, 1.807) is 18.2 Å². The van der Waals surface area contributed by atoms with Crippen LogP contribution in [0.5, 0.6) is 11.5 Å². The standard InChI is InChI=1S/C19H21F3N4O3/c1-2-3-6-23-18(27)13-9-17-24-12(8-16(19(20,21)22)26(17)25-13)11-4-5-14-15(7-11)29-10-28-14/h4-5,7,9,12,16,24H,2-3,6,8,10H2,1H3,(H,23,27)/t12-,16-/m1/s1. The van der Waals surface area contributed by atoms with E-state index in [4.69, 9.17) is 9.47 Å². The second-order valence-corrected chi connectivity index (χ2v) is 7.07. The molecular formula is C19H21F3N4O3. The number of hydrogen-bond donors (Lipinski definition) is 2. The molecule has 7 nitrogen and oxygen atoms in total. The summed E-state index contributed by atoms with van der Waals surface area (Å²) in [7, 11) is 0. The van der Waals surface area contributed by atoms with E-state index in [2.05, 4.69) is 15.7 Å². The molecule has 0 bridgehead atoms. The zero-order valence-electron chi connectivity index (χ0n) is 15.8. The first-order valence-electron chi connectivity index (χ1n) is 9.47. The van der Waals surface area contributed by atoms with Crippen LogP contribution in [0, 0.1) is 0 Å². The van der Waals surface area contributed by atoms with Gasteiger partial charge in [-0.25, -0.2) is 4.68 Å². The molecule has 0 unspecified atom stereocenters. The fourth-order valence-corrected chi connectivity index (χ4v) is 3.50. The number of nitrogens with zero attached hydrogens (tertiary/aromatic N) is 2. The van der Waals surface area contributed by atoms with Crippen molar-refractivity contribution in [1.82, 2.24) is 15.1 Å². The van der Waals surface area contributed by atoms with Crippen molar-refractivity contribution in [3.8, 4) is 11.5 Å². The molecule has 0 spiro atoms. The van der Waals surface area contributed by atoms with Crippen LogP contribution >= 0.6 is 0 Å². The van der Waals surface area contributed by atoms with Gasteiger partial charge in [0.25, 0.3) is 5.91 Å². The van der Waals surface area contributed by atoms with E-state index in [1.807, 2.05) is 6.92 Å². The summed E-state index contributed by atoms with van der Waals surface area (Å²) in [5, 5.41) is 9.69. The van der Waals surface area contributed by atoms with Crippen molar-refractivity contribution in [2.45, 2.75) is 44.4 Å². The van der Waals surface area contributed by atoms with Crippen LogP contribution in [0.25, 0.3) is 0 Å². The minimum Gasteiger partial charge on any atom is -0.454 e. The Labute approximate surface area is 165 Å². The molecule has 156 valence electrons. The number of carbonyl (C=O) groups excluding carboxylic acids is 1. The van der Waals surface area contributed by atoms with Gasteiger partial charge in [0, 0.05) is 19.0 Å². The molecule has 0 fully saturated rings. The fourth-order valence-electron chi connectivity index (χ4n) is 3.50.